The third-order valence-corrected chi connectivity index (χ3v) is 5.83. The molecular weight excluding hydrogens is 291 g/mol. The summed E-state index contributed by atoms with van der Waals surface area (Å²) in [5, 5.41) is 2.55. The van der Waals surface area contributed by atoms with E-state index in [9.17, 15) is 21.6 Å². The average Bonchev–Trinajstić information content (AvgIpc) is 2.48. The normalized spacial score (nSPS) is 27.0. The Hall–Kier alpha value is -1.08. The summed E-state index contributed by atoms with van der Waals surface area (Å²) in [6, 6.07) is 4.24. The second-order valence-electron chi connectivity index (χ2n) is 5.06. The minimum absolute atomic E-state index is 0.171. The number of halogens is 3. The highest BCUT2D eigenvalue weighted by Crippen LogP contribution is 2.31. The second-order valence-corrected chi connectivity index (χ2v) is 7.52. The van der Waals surface area contributed by atoms with Gasteiger partial charge in [0.25, 0.3) is 0 Å². The van der Waals surface area contributed by atoms with Gasteiger partial charge in [-0.15, -0.1) is 0 Å². The van der Waals surface area contributed by atoms with Crippen molar-refractivity contribution in [3.63, 3.8) is 0 Å². The number of alkyl halides is 3. The molecule has 0 spiro atoms. The van der Waals surface area contributed by atoms with E-state index in [0.717, 1.165) is 12.1 Å². The SMILES string of the molecule is CC1CCNC(c2cccc(C(F)(F)F)c2)CS1(=O)=O. The Morgan fingerprint density at radius 3 is 2.65 bits per heavy atom. The van der Waals surface area contributed by atoms with Crippen LogP contribution < -0.4 is 5.32 Å². The lowest BCUT2D eigenvalue weighted by atomic mass is 10.0. The molecule has 1 heterocycles. The molecule has 2 unspecified atom stereocenters. The summed E-state index contributed by atoms with van der Waals surface area (Å²) in [7, 11) is -3.29. The first-order valence-corrected chi connectivity index (χ1v) is 8.04. The third kappa shape index (κ3) is 3.32. The van der Waals surface area contributed by atoms with Crippen LogP contribution in [0.1, 0.15) is 30.5 Å². The van der Waals surface area contributed by atoms with Crippen molar-refractivity contribution >= 4 is 9.84 Å². The zero-order valence-corrected chi connectivity index (χ0v) is 11.8. The van der Waals surface area contributed by atoms with Crippen molar-refractivity contribution in [1.29, 1.82) is 0 Å². The number of hydrogen-bond donors (Lipinski definition) is 1. The van der Waals surface area contributed by atoms with E-state index in [1.807, 2.05) is 0 Å². The first-order chi connectivity index (χ1) is 9.20. The zero-order chi connectivity index (χ0) is 15.0. The molecule has 0 aliphatic carbocycles. The molecule has 112 valence electrons. The third-order valence-electron chi connectivity index (χ3n) is 3.57. The van der Waals surface area contributed by atoms with Crippen LogP contribution in [0.25, 0.3) is 0 Å². The minimum Gasteiger partial charge on any atom is -0.309 e. The van der Waals surface area contributed by atoms with Gasteiger partial charge in [-0.05, 0) is 37.6 Å². The van der Waals surface area contributed by atoms with Gasteiger partial charge in [0.05, 0.1) is 16.6 Å². The maximum Gasteiger partial charge on any atom is 0.416 e. The van der Waals surface area contributed by atoms with Crippen LogP contribution in [0.2, 0.25) is 0 Å². The molecule has 1 N–H and O–H groups in total. The number of benzene rings is 1. The van der Waals surface area contributed by atoms with Crippen LogP contribution >= 0.6 is 0 Å². The van der Waals surface area contributed by atoms with Crippen LogP contribution in [0, 0.1) is 0 Å². The number of sulfone groups is 1. The van der Waals surface area contributed by atoms with Gasteiger partial charge in [0.15, 0.2) is 9.84 Å². The van der Waals surface area contributed by atoms with Crippen LogP contribution in [0.4, 0.5) is 13.2 Å². The maximum atomic E-state index is 12.7. The van der Waals surface area contributed by atoms with Gasteiger partial charge in [-0.3, -0.25) is 0 Å². The molecule has 0 aromatic heterocycles. The molecule has 1 aliphatic heterocycles. The first-order valence-electron chi connectivity index (χ1n) is 6.32. The topological polar surface area (TPSA) is 46.2 Å². The van der Waals surface area contributed by atoms with E-state index in [4.69, 9.17) is 0 Å². The lowest BCUT2D eigenvalue weighted by Gasteiger charge is -2.17. The highest BCUT2D eigenvalue weighted by Gasteiger charge is 2.33. The van der Waals surface area contributed by atoms with E-state index in [0.29, 0.717) is 18.5 Å². The van der Waals surface area contributed by atoms with E-state index in [1.165, 1.54) is 12.1 Å². The molecule has 0 amide bonds. The van der Waals surface area contributed by atoms with Gasteiger partial charge in [-0.25, -0.2) is 8.42 Å². The molecule has 1 aromatic rings. The molecule has 1 saturated heterocycles. The summed E-state index contributed by atoms with van der Waals surface area (Å²) < 4.78 is 62.1. The fourth-order valence-electron chi connectivity index (χ4n) is 2.24. The van der Waals surface area contributed by atoms with Crippen molar-refractivity contribution < 1.29 is 21.6 Å². The number of rotatable bonds is 1. The summed E-state index contributed by atoms with van der Waals surface area (Å²) in [6.45, 7) is 2.10. The fraction of sp³-hybridized carbons (Fsp3) is 0.538. The lowest BCUT2D eigenvalue weighted by Crippen LogP contribution is -2.26. The molecule has 0 saturated carbocycles. The Kier molecular flexibility index (Phi) is 4.11. The van der Waals surface area contributed by atoms with Crippen molar-refractivity contribution in [1.82, 2.24) is 5.32 Å². The van der Waals surface area contributed by atoms with E-state index in [2.05, 4.69) is 5.32 Å². The monoisotopic (exact) mass is 307 g/mol. The molecule has 1 aliphatic rings. The standard InChI is InChI=1S/C13H16F3NO2S/c1-9-5-6-17-12(8-20(9,18)19)10-3-2-4-11(7-10)13(14,15)16/h2-4,7,9,12,17H,5-6,8H2,1H3. The predicted octanol–water partition coefficient (Wildman–Crippen LogP) is 2.54. The quantitative estimate of drug-likeness (QED) is 0.867. The molecule has 2 rings (SSSR count). The Morgan fingerprint density at radius 1 is 1.30 bits per heavy atom. The minimum atomic E-state index is -4.42. The number of nitrogens with one attached hydrogen (secondary N) is 1. The van der Waals surface area contributed by atoms with Crippen molar-refractivity contribution in [2.75, 3.05) is 12.3 Å². The first kappa shape index (κ1) is 15.3. The van der Waals surface area contributed by atoms with Gasteiger partial charge in [-0.1, -0.05) is 12.1 Å². The van der Waals surface area contributed by atoms with Gasteiger partial charge in [0, 0.05) is 6.04 Å². The summed E-state index contributed by atoms with van der Waals surface area (Å²) in [5.41, 5.74) is -0.399. The van der Waals surface area contributed by atoms with E-state index < -0.39 is 32.9 Å². The summed E-state index contributed by atoms with van der Waals surface area (Å²) >= 11 is 0. The van der Waals surface area contributed by atoms with E-state index >= 15 is 0 Å². The molecule has 0 bridgehead atoms. The second kappa shape index (κ2) is 5.37. The van der Waals surface area contributed by atoms with Crippen LogP contribution in [-0.2, 0) is 16.0 Å². The lowest BCUT2D eigenvalue weighted by molar-refractivity contribution is -0.137. The summed E-state index contributed by atoms with van der Waals surface area (Å²) in [5.74, 6) is -0.171. The Balaban J connectivity index is 2.32. The smallest absolute Gasteiger partial charge is 0.309 e. The Labute approximate surface area is 116 Å². The van der Waals surface area contributed by atoms with Crippen LogP contribution in [-0.4, -0.2) is 26.0 Å². The molecular formula is C13H16F3NO2S. The molecule has 7 heteroatoms. The zero-order valence-electron chi connectivity index (χ0n) is 10.9. The number of hydrogen-bond acceptors (Lipinski definition) is 3. The van der Waals surface area contributed by atoms with Crippen LogP contribution in [0.15, 0.2) is 24.3 Å². The molecule has 1 fully saturated rings. The van der Waals surface area contributed by atoms with Gasteiger partial charge in [0.2, 0.25) is 0 Å². The van der Waals surface area contributed by atoms with Gasteiger partial charge < -0.3 is 5.32 Å². The molecule has 1 aromatic carbocycles. The van der Waals surface area contributed by atoms with Gasteiger partial charge >= 0.3 is 6.18 Å². The molecule has 0 radical (unpaired) electrons. The molecule has 20 heavy (non-hydrogen) atoms. The average molecular weight is 307 g/mol. The van der Waals surface area contributed by atoms with Crippen molar-refractivity contribution in [2.45, 2.75) is 30.8 Å². The van der Waals surface area contributed by atoms with E-state index in [-0.39, 0.29) is 5.75 Å². The summed E-state index contributed by atoms with van der Waals surface area (Å²) in [4.78, 5) is 0. The van der Waals surface area contributed by atoms with Crippen molar-refractivity contribution in [2.24, 2.45) is 0 Å². The van der Waals surface area contributed by atoms with Gasteiger partial charge in [0.1, 0.15) is 0 Å². The Morgan fingerprint density at radius 2 is 2.00 bits per heavy atom. The molecule has 2 atom stereocenters. The maximum absolute atomic E-state index is 12.7. The van der Waals surface area contributed by atoms with Crippen molar-refractivity contribution in [3.8, 4) is 0 Å². The van der Waals surface area contributed by atoms with Gasteiger partial charge in [-0.2, -0.15) is 13.2 Å². The summed E-state index contributed by atoms with van der Waals surface area (Å²) in [6.07, 6.45) is -3.95. The van der Waals surface area contributed by atoms with Crippen LogP contribution in [0.3, 0.4) is 0 Å². The van der Waals surface area contributed by atoms with Crippen molar-refractivity contribution in [3.05, 3.63) is 35.4 Å². The fourth-order valence-corrected chi connectivity index (χ4v) is 3.82. The Bertz CT molecular complexity index is 584. The van der Waals surface area contributed by atoms with Crippen LogP contribution in [0.5, 0.6) is 0 Å². The molecule has 3 nitrogen and oxygen atoms in total. The van der Waals surface area contributed by atoms with E-state index in [1.54, 1.807) is 6.92 Å². The highest BCUT2D eigenvalue weighted by molar-refractivity contribution is 7.92. The largest absolute Gasteiger partial charge is 0.416 e. The highest BCUT2D eigenvalue weighted by atomic mass is 32.2. The predicted molar refractivity (Wildman–Crippen MR) is 70.1 cm³/mol.